The molecule has 0 aromatic carbocycles. The predicted octanol–water partition coefficient (Wildman–Crippen LogP) is 4.93. The number of nitrogens with zero attached hydrogens (tertiary/aromatic N) is 1. The number of rotatable bonds is 8. The van der Waals surface area contributed by atoms with E-state index in [1.165, 1.54) is 57.8 Å². The van der Waals surface area contributed by atoms with E-state index in [-0.39, 0.29) is 5.78 Å². The van der Waals surface area contributed by atoms with Gasteiger partial charge >= 0.3 is 0 Å². The molecular formula is C19H28N2O. The summed E-state index contributed by atoms with van der Waals surface area (Å²) in [5.41, 5.74) is 0.654. The third-order valence-corrected chi connectivity index (χ3v) is 5.30. The van der Waals surface area contributed by atoms with Crippen molar-refractivity contribution in [1.29, 1.82) is 0 Å². The fraction of sp³-hybridized carbons (Fsp3) is 0.684. The number of carbonyl (C=O) groups excluding carboxylic acids is 1. The van der Waals surface area contributed by atoms with Crippen molar-refractivity contribution in [3.63, 3.8) is 0 Å². The summed E-state index contributed by atoms with van der Waals surface area (Å²) in [6.07, 6.45) is 20.8. The molecule has 1 heterocycles. The van der Waals surface area contributed by atoms with Gasteiger partial charge in [0, 0.05) is 6.42 Å². The maximum atomic E-state index is 12.2. The Kier molecular flexibility index (Phi) is 5.47. The molecule has 0 aliphatic heterocycles. The average Bonchev–Trinajstić information content (AvgIpc) is 3.24. The van der Waals surface area contributed by atoms with Gasteiger partial charge in [-0.2, -0.15) is 0 Å². The fourth-order valence-corrected chi connectivity index (χ4v) is 3.73. The van der Waals surface area contributed by atoms with Gasteiger partial charge in [-0.3, -0.25) is 4.79 Å². The zero-order chi connectivity index (χ0) is 15.2. The predicted molar refractivity (Wildman–Crippen MR) is 88.7 cm³/mol. The van der Waals surface area contributed by atoms with Crippen LogP contribution >= 0.6 is 0 Å². The van der Waals surface area contributed by atoms with Crippen molar-refractivity contribution in [2.24, 2.45) is 17.8 Å². The van der Waals surface area contributed by atoms with E-state index in [2.05, 4.69) is 22.1 Å². The zero-order valence-corrected chi connectivity index (χ0v) is 13.5. The van der Waals surface area contributed by atoms with E-state index in [4.69, 9.17) is 0 Å². The van der Waals surface area contributed by atoms with Gasteiger partial charge in [-0.25, -0.2) is 4.98 Å². The highest BCUT2D eigenvalue weighted by Gasteiger charge is 2.31. The number of hydrogen-bond acceptors (Lipinski definition) is 2. The first kappa shape index (κ1) is 15.5. The normalized spacial score (nSPS) is 21.3. The third kappa shape index (κ3) is 4.56. The van der Waals surface area contributed by atoms with Crippen LogP contribution < -0.4 is 0 Å². The van der Waals surface area contributed by atoms with E-state index in [0.29, 0.717) is 18.0 Å². The monoisotopic (exact) mass is 300 g/mol. The van der Waals surface area contributed by atoms with E-state index in [9.17, 15) is 4.79 Å². The second-order valence-electron chi connectivity index (χ2n) is 7.10. The Balaban J connectivity index is 1.44. The summed E-state index contributed by atoms with van der Waals surface area (Å²) in [7, 11) is 0. The second-order valence-corrected chi connectivity index (χ2v) is 7.10. The van der Waals surface area contributed by atoms with Gasteiger partial charge in [0.25, 0.3) is 0 Å². The number of imidazole rings is 1. The van der Waals surface area contributed by atoms with Crippen molar-refractivity contribution in [3.8, 4) is 0 Å². The number of Topliss-reactive ketones (excluding diaryl/α,β-unsaturated/α-hetero) is 1. The molecule has 1 aromatic heterocycles. The highest BCUT2D eigenvalue weighted by atomic mass is 16.1. The maximum Gasteiger partial charge on any atom is 0.181 e. The lowest BCUT2D eigenvalue weighted by Crippen LogP contribution is -2.09. The molecule has 22 heavy (non-hydrogen) atoms. The van der Waals surface area contributed by atoms with Gasteiger partial charge in [0.15, 0.2) is 5.78 Å². The topological polar surface area (TPSA) is 45.8 Å². The minimum Gasteiger partial charge on any atom is -0.342 e. The molecule has 0 spiro atoms. The molecule has 3 rings (SSSR count). The van der Waals surface area contributed by atoms with Crippen LogP contribution in [0.4, 0.5) is 0 Å². The molecule has 0 bridgehead atoms. The lowest BCUT2D eigenvalue weighted by atomic mass is 9.86. The molecule has 0 amide bonds. The van der Waals surface area contributed by atoms with Gasteiger partial charge < -0.3 is 4.98 Å². The van der Waals surface area contributed by atoms with E-state index < -0.39 is 0 Å². The van der Waals surface area contributed by atoms with Crippen LogP contribution in [0, 0.1) is 17.8 Å². The summed E-state index contributed by atoms with van der Waals surface area (Å²) in [5, 5.41) is 0. The van der Waals surface area contributed by atoms with Crippen LogP contribution in [-0.4, -0.2) is 15.8 Å². The van der Waals surface area contributed by atoms with Crippen LogP contribution in [0.25, 0.3) is 0 Å². The number of H-pyrrole nitrogens is 1. The number of ketones is 1. The lowest BCUT2D eigenvalue weighted by molar-refractivity contribution is 0.0961. The van der Waals surface area contributed by atoms with E-state index >= 15 is 0 Å². The first-order chi connectivity index (χ1) is 10.8. The smallest absolute Gasteiger partial charge is 0.181 e. The number of aromatic amines is 1. The number of carbonyl (C=O) groups is 1. The molecule has 1 atom stereocenters. The number of aromatic nitrogens is 2. The van der Waals surface area contributed by atoms with Crippen LogP contribution in [0.1, 0.15) is 74.7 Å². The van der Waals surface area contributed by atoms with Crippen LogP contribution in [0.5, 0.6) is 0 Å². The summed E-state index contributed by atoms with van der Waals surface area (Å²) in [6, 6.07) is 0. The molecule has 2 aliphatic carbocycles. The standard InChI is InChI=1S/C19H28N2O/c22-19(18-13-20-14-21-18)12-17(16-10-11-16)9-5-4-8-15-6-2-1-3-7-15/h5,9,13-17H,1-4,6-8,10-12H2,(H,20,21)/b9-5-/t17-/m1/s1. The van der Waals surface area contributed by atoms with Crippen molar-refractivity contribution in [2.45, 2.75) is 64.2 Å². The van der Waals surface area contributed by atoms with Crippen molar-refractivity contribution >= 4 is 5.78 Å². The SMILES string of the molecule is O=C(C[C@@H](/C=C\CCC1CCCCC1)C1CC1)c1cnc[nH]1. The first-order valence-corrected chi connectivity index (χ1v) is 9.01. The summed E-state index contributed by atoms with van der Waals surface area (Å²) in [5.74, 6) is 2.32. The van der Waals surface area contributed by atoms with Crippen molar-refractivity contribution in [1.82, 2.24) is 9.97 Å². The molecule has 3 nitrogen and oxygen atoms in total. The average molecular weight is 300 g/mol. The van der Waals surface area contributed by atoms with E-state index in [1.807, 2.05) is 0 Å². The number of nitrogens with one attached hydrogen (secondary N) is 1. The van der Waals surface area contributed by atoms with Crippen LogP contribution in [-0.2, 0) is 0 Å². The Morgan fingerprint density at radius 3 is 2.77 bits per heavy atom. The maximum absolute atomic E-state index is 12.2. The largest absolute Gasteiger partial charge is 0.342 e. The Morgan fingerprint density at radius 2 is 2.09 bits per heavy atom. The molecule has 2 aliphatic rings. The van der Waals surface area contributed by atoms with Crippen LogP contribution in [0.3, 0.4) is 0 Å². The van der Waals surface area contributed by atoms with E-state index in [0.717, 1.165) is 11.8 Å². The summed E-state index contributed by atoms with van der Waals surface area (Å²) < 4.78 is 0. The van der Waals surface area contributed by atoms with Crippen molar-refractivity contribution in [2.75, 3.05) is 0 Å². The van der Waals surface area contributed by atoms with Crippen molar-refractivity contribution in [3.05, 3.63) is 30.4 Å². The highest BCUT2D eigenvalue weighted by Crippen LogP contribution is 2.40. The summed E-state index contributed by atoms with van der Waals surface area (Å²) >= 11 is 0. The summed E-state index contributed by atoms with van der Waals surface area (Å²) in [6.45, 7) is 0. The minimum atomic E-state index is 0.200. The number of hydrogen-bond donors (Lipinski definition) is 1. The molecule has 0 saturated heterocycles. The van der Waals surface area contributed by atoms with Gasteiger partial charge in [-0.1, -0.05) is 44.3 Å². The molecule has 2 saturated carbocycles. The van der Waals surface area contributed by atoms with Crippen molar-refractivity contribution < 1.29 is 4.79 Å². The lowest BCUT2D eigenvalue weighted by Gasteiger charge is -2.20. The van der Waals surface area contributed by atoms with Gasteiger partial charge in [0.2, 0.25) is 0 Å². The second kappa shape index (κ2) is 7.75. The van der Waals surface area contributed by atoms with Crippen LogP contribution in [0.15, 0.2) is 24.7 Å². The molecular weight excluding hydrogens is 272 g/mol. The Bertz CT molecular complexity index is 482. The molecule has 2 fully saturated rings. The quantitative estimate of drug-likeness (QED) is 0.547. The van der Waals surface area contributed by atoms with Gasteiger partial charge in [0.1, 0.15) is 5.69 Å². The van der Waals surface area contributed by atoms with Gasteiger partial charge in [0.05, 0.1) is 12.5 Å². The third-order valence-electron chi connectivity index (χ3n) is 5.30. The molecule has 0 radical (unpaired) electrons. The molecule has 120 valence electrons. The Morgan fingerprint density at radius 1 is 1.27 bits per heavy atom. The zero-order valence-electron chi connectivity index (χ0n) is 13.5. The fourth-order valence-electron chi connectivity index (χ4n) is 3.73. The Labute approximate surface area is 133 Å². The molecule has 3 heteroatoms. The summed E-state index contributed by atoms with van der Waals surface area (Å²) in [4.78, 5) is 19.1. The molecule has 1 aromatic rings. The molecule has 1 N–H and O–H groups in total. The minimum absolute atomic E-state index is 0.200. The highest BCUT2D eigenvalue weighted by molar-refractivity contribution is 5.94. The first-order valence-electron chi connectivity index (χ1n) is 9.01. The Hall–Kier alpha value is -1.38. The number of allylic oxidation sites excluding steroid dienone is 2. The molecule has 0 unspecified atom stereocenters. The van der Waals surface area contributed by atoms with Crippen LogP contribution in [0.2, 0.25) is 0 Å². The van der Waals surface area contributed by atoms with Gasteiger partial charge in [-0.05, 0) is 43.4 Å². The van der Waals surface area contributed by atoms with E-state index in [1.54, 1.807) is 12.5 Å². The van der Waals surface area contributed by atoms with Gasteiger partial charge in [-0.15, -0.1) is 0 Å².